The third kappa shape index (κ3) is 1.70. The average Bonchev–Trinajstić information content (AvgIpc) is 2.33. The fourth-order valence-electron chi connectivity index (χ4n) is 0.910. The van der Waals surface area contributed by atoms with Crippen molar-refractivity contribution in [3.05, 3.63) is 12.7 Å². The van der Waals surface area contributed by atoms with Crippen LogP contribution in [0.15, 0.2) is 12.7 Å². The third-order valence-electron chi connectivity index (χ3n) is 1.45. The van der Waals surface area contributed by atoms with Crippen molar-refractivity contribution >= 4 is 24.0 Å². The van der Waals surface area contributed by atoms with E-state index >= 15 is 0 Å². The van der Waals surface area contributed by atoms with Crippen molar-refractivity contribution in [3.8, 4) is 0 Å². The van der Waals surface area contributed by atoms with Crippen molar-refractivity contribution in [3.63, 3.8) is 0 Å². The molecular weight excluding hydrogens is 162 g/mol. The first-order valence-electron chi connectivity index (χ1n) is 3.28. The van der Waals surface area contributed by atoms with Gasteiger partial charge < -0.3 is 4.79 Å². The van der Waals surface area contributed by atoms with Crippen LogP contribution in [0.3, 0.4) is 0 Å². The van der Waals surface area contributed by atoms with Gasteiger partial charge in [0.15, 0.2) is 5.78 Å². The second-order valence-electron chi connectivity index (χ2n) is 2.21. The molecule has 0 N–H and O–H groups in total. The number of hydrogen-bond donors (Lipinski definition) is 0. The van der Waals surface area contributed by atoms with Crippen LogP contribution in [-0.2, 0) is 9.59 Å². The van der Waals surface area contributed by atoms with E-state index < -0.39 is 6.04 Å². The minimum atomic E-state index is -0.544. The second-order valence-corrected chi connectivity index (χ2v) is 3.22. The highest BCUT2D eigenvalue weighted by Crippen LogP contribution is 2.22. The van der Waals surface area contributed by atoms with Crippen LogP contribution >= 0.6 is 11.9 Å². The number of carbonyl (C=O) groups is 2. The molecule has 0 bridgehead atoms. The fraction of sp³-hybridized carbons (Fsp3) is 0.429. The Morgan fingerprint density at radius 3 is 3.09 bits per heavy atom. The standard InChI is InChI=1S/C7H9NO2S/c1-2-3-8-6(4-9)7(10)5-11-8/h2,4,6H,1,3,5H2. The topological polar surface area (TPSA) is 37.4 Å². The van der Waals surface area contributed by atoms with Gasteiger partial charge in [0.05, 0.1) is 5.75 Å². The number of ketones is 1. The van der Waals surface area contributed by atoms with Crippen molar-refractivity contribution in [2.75, 3.05) is 12.3 Å². The predicted molar refractivity (Wildman–Crippen MR) is 44.2 cm³/mol. The smallest absolute Gasteiger partial charge is 0.169 e. The van der Waals surface area contributed by atoms with Crippen molar-refractivity contribution in [1.29, 1.82) is 0 Å². The summed E-state index contributed by atoms with van der Waals surface area (Å²) in [5.41, 5.74) is 0. The Bertz CT molecular complexity index is 193. The van der Waals surface area contributed by atoms with Crippen LogP contribution < -0.4 is 0 Å². The molecule has 1 fully saturated rings. The molecule has 0 aromatic heterocycles. The van der Waals surface area contributed by atoms with Gasteiger partial charge in [0, 0.05) is 6.54 Å². The normalized spacial score (nSPS) is 25.5. The summed E-state index contributed by atoms with van der Waals surface area (Å²) < 4.78 is 1.74. The molecule has 0 spiro atoms. The van der Waals surface area contributed by atoms with Gasteiger partial charge in [0.2, 0.25) is 0 Å². The summed E-state index contributed by atoms with van der Waals surface area (Å²) in [6, 6.07) is -0.544. The average molecular weight is 171 g/mol. The van der Waals surface area contributed by atoms with E-state index in [1.807, 2.05) is 0 Å². The van der Waals surface area contributed by atoms with E-state index in [1.165, 1.54) is 11.9 Å². The first kappa shape index (κ1) is 8.49. The van der Waals surface area contributed by atoms with Crippen LogP contribution in [0.5, 0.6) is 0 Å². The summed E-state index contributed by atoms with van der Waals surface area (Å²) in [7, 11) is 0. The van der Waals surface area contributed by atoms with E-state index in [0.717, 1.165) is 0 Å². The summed E-state index contributed by atoms with van der Waals surface area (Å²) >= 11 is 1.39. The zero-order chi connectivity index (χ0) is 8.27. The number of aldehydes is 1. The molecule has 0 aromatic carbocycles. The quantitative estimate of drug-likeness (QED) is 0.264. The van der Waals surface area contributed by atoms with Gasteiger partial charge in [-0.15, -0.1) is 6.58 Å². The molecule has 1 aliphatic rings. The Kier molecular flexibility index (Phi) is 2.84. The summed E-state index contributed by atoms with van der Waals surface area (Å²) in [5.74, 6) is 0.406. The number of carbonyl (C=O) groups excluding carboxylic acids is 2. The lowest BCUT2D eigenvalue weighted by molar-refractivity contribution is -0.123. The van der Waals surface area contributed by atoms with Crippen molar-refractivity contribution in [2.24, 2.45) is 0 Å². The maximum atomic E-state index is 11.0. The molecule has 11 heavy (non-hydrogen) atoms. The molecule has 1 unspecified atom stereocenters. The first-order chi connectivity index (χ1) is 5.29. The minimum Gasteiger partial charge on any atom is -0.301 e. The predicted octanol–water partition coefficient (Wildman–Crippen LogP) is 0.273. The molecule has 1 saturated heterocycles. The molecule has 0 radical (unpaired) electrons. The Labute approximate surface area is 69.6 Å². The molecule has 60 valence electrons. The Hall–Kier alpha value is -0.610. The van der Waals surface area contributed by atoms with Gasteiger partial charge in [-0.05, 0) is 0 Å². The van der Waals surface area contributed by atoms with E-state index in [4.69, 9.17) is 0 Å². The van der Waals surface area contributed by atoms with Crippen molar-refractivity contribution in [2.45, 2.75) is 6.04 Å². The van der Waals surface area contributed by atoms with Crippen LogP contribution in [0.25, 0.3) is 0 Å². The summed E-state index contributed by atoms with van der Waals surface area (Å²) in [4.78, 5) is 21.4. The highest BCUT2D eigenvalue weighted by Gasteiger charge is 2.31. The Morgan fingerprint density at radius 1 is 1.82 bits per heavy atom. The molecule has 1 aliphatic heterocycles. The fourth-order valence-corrected chi connectivity index (χ4v) is 1.91. The van der Waals surface area contributed by atoms with Gasteiger partial charge in [-0.2, -0.15) is 0 Å². The lowest BCUT2D eigenvalue weighted by Gasteiger charge is -2.13. The molecule has 0 amide bonds. The number of nitrogens with zero attached hydrogens (tertiary/aromatic N) is 1. The second kappa shape index (κ2) is 3.69. The van der Waals surface area contributed by atoms with E-state index in [2.05, 4.69) is 6.58 Å². The maximum Gasteiger partial charge on any atom is 0.169 e. The molecule has 0 saturated carbocycles. The molecule has 0 aliphatic carbocycles. The minimum absolute atomic E-state index is 0.00755. The summed E-state index contributed by atoms with van der Waals surface area (Å²) in [5, 5.41) is 0. The van der Waals surface area contributed by atoms with Gasteiger partial charge in [0.1, 0.15) is 12.3 Å². The molecule has 1 heterocycles. The number of rotatable bonds is 3. The van der Waals surface area contributed by atoms with Crippen LogP contribution in [0.4, 0.5) is 0 Å². The van der Waals surface area contributed by atoms with E-state index in [-0.39, 0.29) is 5.78 Å². The maximum absolute atomic E-state index is 11.0. The van der Waals surface area contributed by atoms with Gasteiger partial charge >= 0.3 is 0 Å². The molecule has 1 atom stereocenters. The summed E-state index contributed by atoms with van der Waals surface area (Å²) in [6.07, 6.45) is 2.37. The summed E-state index contributed by atoms with van der Waals surface area (Å²) in [6.45, 7) is 4.12. The Morgan fingerprint density at radius 2 is 2.55 bits per heavy atom. The largest absolute Gasteiger partial charge is 0.301 e. The van der Waals surface area contributed by atoms with Crippen molar-refractivity contribution in [1.82, 2.24) is 4.31 Å². The van der Waals surface area contributed by atoms with Crippen LogP contribution in [0, 0.1) is 0 Å². The Balaban J connectivity index is 2.60. The van der Waals surface area contributed by atoms with E-state index in [1.54, 1.807) is 10.4 Å². The molecule has 4 heteroatoms. The highest BCUT2D eigenvalue weighted by molar-refractivity contribution is 7.98. The zero-order valence-electron chi connectivity index (χ0n) is 6.03. The lowest BCUT2D eigenvalue weighted by atomic mass is 10.2. The first-order valence-corrected chi connectivity index (χ1v) is 4.22. The molecule has 3 nitrogen and oxygen atoms in total. The molecule has 0 aromatic rings. The van der Waals surface area contributed by atoms with Crippen LogP contribution in [0.2, 0.25) is 0 Å². The van der Waals surface area contributed by atoms with E-state index in [9.17, 15) is 9.59 Å². The van der Waals surface area contributed by atoms with Gasteiger partial charge in [0.25, 0.3) is 0 Å². The highest BCUT2D eigenvalue weighted by atomic mass is 32.2. The molecular formula is C7H9NO2S. The van der Waals surface area contributed by atoms with Crippen LogP contribution in [0.1, 0.15) is 0 Å². The SMILES string of the molecule is C=CCN1SCC(=O)C1C=O. The van der Waals surface area contributed by atoms with Gasteiger partial charge in [-0.25, -0.2) is 4.31 Å². The molecule has 1 rings (SSSR count). The number of Topliss-reactive ketones (excluding diaryl/α,β-unsaturated/α-hetero) is 1. The monoisotopic (exact) mass is 171 g/mol. The van der Waals surface area contributed by atoms with Crippen molar-refractivity contribution < 1.29 is 9.59 Å². The van der Waals surface area contributed by atoms with Gasteiger partial charge in [-0.3, -0.25) is 4.79 Å². The van der Waals surface area contributed by atoms with Gasteiger partial charge in [-0.1, -0.05) is 18.0 Å². The zero-order valence-corrected chi connectivity index (χ0v) is 6.84. The van der Waals surface area contributed by atoms with E-state index in [0.29, 0.717) is 18.6 Å². The lowest BCUT2D eigenvalue weighted by Crippen LogP contribution is -2.31. The number of hydrogen-bond acceptors (Lipinski definition) is 4. The third-order valence-corrected chi connectivity index (χ3v) is 2.57. The van der Waals surface area contributed by atoms with Crippen LogP contribution in [-0.4, -0.2) is 34.7 Å².